The Morgan fingerprint density at radius 1 is 1.37 bits per heavy atom. The minimum absolute atomic E-state index is 0.134. The topological polar surface area (TPSA) is 65.4 Å². The predicted molar refractivity (Wildman–Crippen MR) is 67.1 cm³/mol. The minimum atomic E-state index is -0.134. The highest BCUT2D eigenvalue weighted by molar-refractivity contribution is 5.94. The van der Waals surface area contributed by atoms with Crippen LogP contribution in [0.1, 0.15) is 10.4 Å². The summed E-state index contributed by atoms with van der Waals surface area (Å²) in [6.45, 7) is 1.37. The molecule has 6 nitrogen and oxygen atoms in total. The Kier molecular flexibility index (Phi) is 3.06. The molecule has 2 heterocycles. The van der Waals surface area contributed by atoms with Gasteiger partial charge < -0.3 is 14.8 Å². The van der Waals surface area contributed by atoms with Gasteiger partial charge in [0, 0.05) is 24.5 Å². The summed E-state index contributed by atoms with van der Waals surface area (Å²) in [6.07, 6.45) is 3.56. The van der Waals surface area contributed by atoms with Gasteiger partial charge in [0.15, 0.2) is 11.5 Å². The predicted octanol–water partition coefficient (Wildman–Crippen LogP) is 1.04. The average molecular weight is 259 g/mol. The molecule has 0 saturated heterocycles. The lowest BCUT2D eigenvalue weighted by Gasteiger charge is -2.06. The van der Waals surface area contributed by atoms with E-state index >= 15 is 0 Å². The zero-order chi connectivity index (χ0) is 13.1. The molecule has 1 N–H and O–H groups in total. The maximum absolute atomic E-state index is 11.9. The number of nitrogens with zero attached hydrogens (tertiary/aromatic N) is 2. The molecule has 19 heavy (non-hydrogen) atoms. The van der Waals surface area contributed by atoms with Crippen LogP contribution in [0.5, 0.6) is 11.5 Å². The monoisotopic (exact) mass is 259 g/mol. The van der Waals surface area contributed by atoms with Crippen molar-refractivity contribution in [3.05, 3.63) is 42.2 Å². The highest BCUT2D eigenvalue weighted by atomic mass is 16.7. The Labute approximate surface area is 109 Å². The molecule has 3 rings (SSSR count). The SMILES string of the molecule is O=C(NCCn1cccn1)c1ccc2c(c1)OCO2. The van der Waals surface area contributed by atoms with Crippen LogP contribution in [0.4, 0.5) is 0 Å². The molecule has 0 radical (unpaired) electrons. The van der Waals surface area contributed by atoms with Crippen LogP contribution in [0.15, 0.2) is 36.7 Å². The number of rotatable bonds is 4. The van der Waals surface area contributed by atoms with Crippen molar-refractivity contribution in [2.75, 3.05) is 13.3 Å². The van der Waals surface area contributed by atoms with Gasteiger partial charge in [-0.1, -0.05) is 0 Å². The maximum Gasteiger partial charge on any atom is 0.251 e. The molecule has 0 bridgehead atoms. The first kappa shape index (κ1) is 11.6. The Balaban J connectivity index is 1.58. The molecular formula is C13H13N3O3. The fourth-order valence-electron chi connectivity index (χ4n) is 1.86. The largest absolute Gasteiger partial charge is 0.454 e. The normalized spacial score (nSPS) is 12.4. The van der Waals surface area contributed by atoms with Gasteiger partial charge in [-0.05, 0) is 24.3 Å². The Bertz CT molecular complexity index is 581. The van der Waals surface area contributed by atoms with Crippen molar-refractivity contribution in [2.45, 2.75) is 6.54 Å². The van der Waals surface area contributed by atoms with E-state index in [0.29, 0.717) is 30.2 Å². The summed E-state index contributed by atoms with van der Waals surface area (Å²) >= 11 is 0. The molecule has 0 spiro atoms. The lowest BCUT2D eigenvalue weighted by Crippen LogP contribution is -2.27. The van der Waals surface area contributed by atoms with E-state index in [-0.39, 0.29) is 12.7 Å². The second-order valence-corrected chi connectivity index (χ2v) is 4.09. The van der Waals surface area contributed by atoms with Crippen LogP contribution in [0.3, 0.4) is 0 Å². The number of fused-ring (bicyclic) bond motifs is 1. The van der Waals surface area contributed by atoms with Crippen molar-refractivity contribution in [1.29, 1.82) is 0 Å². The van der Waals surface area contributed by atoms with Gasteiger partial charge in [-0.25, -0.2) is 0 Å². The highest BCUT2D eigenvalue weighted by Crippen LogP contribution is 2.32. The van der Waals surface area contributed by atoms with Crippen LogP contribution in [-0.4, -0.2) is 29.0 Å². The number of benzene rings is 1. The zero-order valence-electron chi connectivity index (χ0n) is 10.2. The van der Waals surface area contributed by atoms with Crippen molar-refractivity contribution >= 4 is 5.91 Å². The van der Waals surface area contributed by atoms with Gasteiger partial charge in [0.2, 0.25) is 6.79 Å². The van der Waals surface area contributed by atoms with E-state index in [4.69, 9.17) is 9.47 Å². The first-order chi connectivity index (χ1) is 9.33. The standard InChI is InChI=1S/C13H13N3O3/c17-13(14-5-7-16-6-1-4-15-16)10-2-3-11-12(8-10)19-9-18-11/h1-4,6,8H,5,7,9H2,(H,14,17). The number of hydrogen-bond acceptors (Lipinski definition) is 4. The average Bonchev–Trinajstić information content (AvgIpc) is 3.08. The zero-order valence-corrected chi connectivity index (χ0v) is 10.2. The molecule has 0 aliphatic carbocycles. The molecule has 1 aliphatic heterocycles. The molecule has 1 aromatic carbocycles. The first-order valence-electron chi connectivity index (χ1n) is 5.98. The smallest absolute Gasteiger partial charge is 0.251 e. The Hall–Kier alpha value is -2.50. The number of ether oxygens (including phenoxy) is 2. The lowest BCUT2D eigenvalue weighted by molar-refractivity contribution is 0.0951. The molecule has 6 heteroatoms. The van der Waals surface area contributed by atoms with Gasteiger partial charge in [-0.3, -0.25) is 9.48 Å². The number of carbonyl (C=O) groups excluding carboxylic acids is 1. The third-order valence-corrected chi connectivity index (χ3v) is 2.82. The second-order valence-electron chi connectivity index (χ2n) is 4.09. The van der Waals surface area contributed by atoms with Crippen molar-refractivity contribution in [3.63, 3.8) is 0 Å². The molecular weight excluding hydrogens is 246 g/mol. The van der Waals surface area contributed by atoms with Gasteiger partial charge in [-0.15, -0.1) is 0 Å². The van der Waals surface area contributed by atoms with E-state index in [0.717, 1.165) is 0 Å². The second kappa shape index (κ2) is 5.01. The third-order valence-electron chi connectivity index (χ3n) is 2.82. The van der Waals surface area contributed by atoms with E-state index in [1.54, 1.807) is 29.1 Å². The van der Waals surface area contributed by atoms with Gasteiger partial charge in [0.05, 0.1) is 6.54 Å². The van der Waals surface area contributed by atoms with Gasteiger partial charge in [-0.2, -0.15) is 5.10 Å². The molecule has 0 unspecified atom stereocenters. The fourth-order valence-corrected chi connectivity index (χ4v) is 1.86. The molecule has 1 aliphatic rings. The molecule has 0 fully saturated rings. The highest BCUT2D eigenvalue weighted by Gasteiger charge is 2.15. The van der Waals surface area contributed by atoms with Crippen LogP contribution in [0.25, 0.3) is 0 Å². The van der Waals surface area contributed by atoms with Crippen LogP contribution in [0, 0.1) is 0 Å². The summed E-state index contributed by atoms with van der Waals surface area (Å²) in [5, 5.41) is 6.89. The summed E-state index contributed by atoms with van der Waals surface area (Å²) in [5.41, 5.74) is 0.560. The number of aromatic nitrogens is 2. The number of carbonyl (C=O) groups is 1. The molecule has 1 amide bonds. The van der Waals surface area contributed by atoms with Crippen molar-refractivity contribution in [2.24, 2.45) is 0 Å². The molecule has 2 aromatic rings. The quantitative estimate of drug-likeness (QED) is 0.891. The number of hydrogen-bond donors (Lipinski definition) is 1. The lowest BCUT2D eigenvalue weighted by atomic mass is 10.2. The molecule has 0 saturated carbocycles. The summed E-state index contributed by atoms with van der Waals surface area (Å²) < 4.78 is 12.2. The van der Waals surface area contributed by atoms with Crippen LogP contribution in [0.2, 0.25) is 0 Å². The van der Waals surface area contributed by atoms with Gasteiger partial charge in [0.25, 0.3) is 5.91 Å². The van der Waals surface area contributed by atoms with E-state index in [2.05, 4.69) is 10.4 Å². The van der Waals surface area contributed by atoms with Crippen LogP contribution < -0.4 is 14.8 Å². The Morgan fingerprint density at radius 2 is 2.26 bits per heavy atom. The van der Waals surface area contributed by atoms with E-state index in [1.165, 1.54) is 0 Å². The van der Waals surface area contributed by atoms with E-state index < -0.39 is 0 Å². The maximum atomic E-state index is 11.9. The van der Waals surface area contributed by atoms with Crippen molar-refractivity contribution in [1.82, 2.24) is 15.1 Å². The molecule has 0 atom stereocenters. The van der Waals surface area contributed by atoms with E-state index in [1.807, 2.05) is 12.3 Å². The summed E-state index contributed by atoms with van der Waals surface area (Å²) in [5.74, 6) is 1.15. The first-order valence-corrected chi connectivity index (χ1v) is 5.98. The third kappa shape index (κ3) is 2.52. The molecule has 98 valence electrons. The van der Waals surface area contributed by atoms with Crippen LogP contribution >= 0.6 is 0 Å². The summed E-state index contributed by atoms with van der Waals surface area (Å²) in [6, 6.07) is 6.99. The molecule has 1 aromatic heterocycles. The van der Waals surface area contributed by atoms with Gasteiger partial charge >= 0.3 is 0 Å². The summed E-state index contributed by atoms with van der Waals surface area (Å²) in [7, 11) is 0. The number of nitrogens with one attached hydrogen (secondary N) is 1. The van der Waals surface area contributed by atoms with Crippen molar-refractivity contribution < 1.29 is 14.3 Å². The summed E-state index contributed by atoms with van der Waals surface area (Å²) in [4.78, 5) is 11.9. The number of amides is 1. The van der Waals surface area contributed by atoms with Crippen LogP contribution in [-0.2, 0) is 6.54 Å². The van der Waals surface area contributed by atoms with Crippen molar-refractivity contribution in [3.8, 4) is 11.5 Å². The minimum Gasteiger partial charge on any atom is -0.454 e. The van der Waals surface area contributed by atoms with E-state index in [9.17, 15) is 4.79 Å². The van der Waals surface area contributed by atoms with Gasteiger partial charge in [0.1, 0.15) is 0 Å². The fraction of sp³-hybridized carbons (Fsp3) is 0.231. The Morgan fingerprint density at radius 3 is 3.11 bits per heavy atom.